The second kappa shape index (κ2) is 11.0. The Labute approximate surface area is 253 Å². The number of ether oxygens (including phenoxy) is 2. The third-order valence-electron chi connectivity index (χ3n) is 7.10. The summed E-state index contributed by atoms with van der Waals surface area (Å²) in [6.07, 6.45) is 1.90. The first-order chi connectivity index (χ1) is 19.8. The fraction of sp³-hybridized carbons (Fsp3) is 0.194. The molecule has 7 nitrogen and oxygen atoms in total. The fourth-order valence-electron chi connectivity index (χ4n) is 5.16. The molecule has 10 heteroatoms. The Hall–Kier alpha value is -3.60. The molecule has 3 heterocycles. The molecule has 2 aliphatic heterocycles. The molecule has 0 saturated carbocycles. The Morgan fingerprint density at radius 2 is 1.88 bits per heavy atom. The van der Waals surface area contributed by atoms with E-state index in [1.165, 1.54) is 21.9 Å². The van der Waals surface area contributed by atoms with Crippen LogP contribution in [0.4, 0.5) is 11.4 Å². The third kappa shape index (κ3) is 4.83. The highest BCUT2D eigenvalue weighted by atomic mass is 79.9. The van der Waals surface area contributed by atoms with E-state index in [1.54, 1.807) is 37.3 Å². The van der Waals surface area contributed by atoms with Crippen molar-refractivity contribution in [3.05, 3.63) is 107 Å². The summed E-state index contributed by atoms with van der Waals surface area (Å²) in [5, 5.41) is 0. The number of para-hydroxylation sites is 1. The summed E-state index contributed by atoms with van der Waals surface area (Å²) in [4.78, 5) is 36.9. The van der Waals surface area contributed by atoms with E-state index in [4.69, 9.17) is 9.47 Å². The number of nitrogens with zero attached hydrogens (tertiary/aromatic N) is 3. The topological polar surface area (TPSA) is 73.1 Å². The molecule has 0 saturated heterocycles. The molecule has 0 aliphatic carbocycles. The van der Waals surface area contributed by atoms with E-state index in [-0.39, 0.29) is 12.2 Å². The molecule has 0 N–H and O–H groups in total. The van der Waals surface area contributed by atoms with E-state index < -0.39 is 12.0 Å². The van der Waals surface area contributed by atoms with Crippen molar-refractivity contribution in [2.24, 2.45) is 4.99 Å². The average Bonchev–Trinajstić information content (AvgIpc) is 3.26. The van der Waals surface area contributed by atoms with Crippen LogP contribution in [0.3, 0.4) is 0 Å². The van der Waals surface area contributed by atoms with Crippen LogP contribution in [0.2, 0.25) is 0 Å². The van der Waals surface area contributed by atoms with E-state index in [2.05, 4.69) is 57.1 Å². The number of benzene rings is 3. The molecular weight excluding hydrogens is 622 g/mol. The van der Waals surface area contributed by atoms with Crippen molar-refractivity contribution in [2.75, 3.05) is 25.7 Å². The Kier molecular flexibility index (Phi) is 7.39. The maximum Gasteiger partial charge on any atom is 0.338 e. The normalized spacial score (nSPS) is 16.1. The lowest BCUT2D eigenvalue weighted by atomic mass is 9.96. The van der Waals surface area contributed by atoms with Crippen molar-refractivity contribution >= 4 is 62.4 Å². The lowest BCUT2D eigenvalue weighted by Crippen LogP contribution is -2.40. The number of carbonyl (C=O) groups is 1. The molecule has 4 aromatic rings. The summed E-state index contributed by atoms with van der Waals surface area (Å²) in [5.74, 6) is 0.161. The van der Waals surface area contributed by atoms with Gasteiger partial charge < -0.3 is 14.4 Å². The maximum absolute atomic E-state index is 14.0. The van der Waals surface area contributed by atoms with Crippen LogP contribution in [0.5, 0.6) is 5.75 Å². The predicted molar refractivity (Wildman–Crippen MR) is 166 cm³/mol. The number of carbonyl (C=O) groups excluding carboxylic acids is 1. The second-order valence-corrected chi connectivity index (χ2v) is 12.5. The number of fused-ring (bicyclic) bond motifs is 3. The summed E-state index contributed by atoms with van der Waals surface area (Å²) in [7, 11) is 3.66. The van der Waals surface area contributed by atoms with E-state index in [9.17, 15) is 9.59 Å². The average molecular weight is 649 g/mol. The molecule has 0 spiro atoms. The minimum atomic E-state index is -0.695. The first kappa shape index (κ1) is 27.6. The number of hydrogen-bond acceptors (Lipinski definition) is 8. The van der Waals surface area contributed by atoms with Crippen molar-refractivity contribution in [1.29, 1.82) is 0 Å². The van der Waals surface area contributed by atoms with Crippen molar-refractivity contribution in [2.45, 2.75) is 29.7 Å². The van der Waals surface area contributed by atoms with Gasteiger partial charge in [-0.25, -0.2) is 9.79 Å². The van der Waals surface area contributed by atoms with Gasteiger partial charge in [0, 0.05) is 16.8 Å². The smallest absolute Gasteiger partial charge is 0.338 e. The van der Waals surface area contributed by atoms with Gasteiger partial charge in [0.25, 0.3) is 5.56 Å². The van der Waals surface area contributed by atoms with E-state index in [1.807, 2.05) is 42.5 Å². The number of halogens is 1. The maximum atomic E-state index is 14.0. The van der Waals surface area contributed by atoms with Crippen LogP contribution in [0, 0.1) is 0 Å². The highest BCUT2D eigenvalue weighted by Gasteiger charge is 2.33. The molecule has 208 valence electrons. The number of anilines is 2. The molecule has 0 bridgehead atoms. The highest BCUT2D eigenvalue weighted by Crippen LogP contribution is 2.47. The van der Waals surface area contributed by atoms with Crippen molar-refractivity contribution in [3.63, 3.8) is 0 Å². The van der Waals surface area contributed by atoms with Crippen LogP contribution in [0.25, 0.3) is 6.08 Å². The fourth-order valence-corrected chi connectivity index (χ4v) is 7.96. The molecule has 1 aromatic heterocycles. The van der Waals surface area contributed by atoms with Gasteiger partial charge in [0.15, 0.2) is 4.80 Å². The summed E-state index contributed by atoms with van der Waals surface area (Å²) in [5.41, 5.74) is 4.60. The number of methoxy groups -OCH3 is 1. The standard InChI is InChI=1S/C31H26BrN3O4S2/c1-5-39-30(37)27-17(2)33-31-35(28(27)19-11-13-23(38-4)20(32)16-19)29(36)26(41-31)15-18-10-12-22-25(14-18)40-24-9-7-6-8-21(24)34(22)3/h6-16,28H,5H2,1-4H3/b26-15+/t28-/m1/s1. The largest absolute Gasteiger partial charge is 0.496 e. The van der Waals surface area contributed by atoms with Crippen molar-refractivity contribution < 1.29 is 14.3 Å². The molecule has 6 rings (SSSR count). The molecule has 1 atom stereocenters. The lowest BCUT2D eigenvalue weighted by molar-refractivity contribution is -0.139. The van der Waals surface area contributed by atoms with Gasteiger partial charge in [-0.05, 0) is 83.4 Å². The Morgan fingerprint density at radius 3 is 2.63 bits per heavy atom. The van der Waals surface area contributed by atoms with Crippen LogP contribution >= 0.6 is 39.0 Å². The zero-order valence-corrected chi connectivity index (χ0v) is 26.0. The number of aromatic nitrogens is 1. The molecule has 41 heavy (non-hydrogen) atoms. The zero-order valence-electron chi connectivity index (χ0n) is 22.8. The van der Waals surface area contributed by atoms with Crippen LogP contribution in [-0.2, 0) is 9.53 Å². The van der Waals surface area contributed by atoms with Crippen molar-refractivity contribution in [1.82, 2.24) is 4.57 Å². The number of rotatable bonds is 5. The van der Waals surface area contributed by atoms with Gasteiger partial charge in [-0.15, -0.1) is 0 Å². The van der Waals surface area contributed by atoms with Crippen molar-refractivity contribution in [3.8, 4) is 5.75 Å². The zero-order chi connectivity index (χ0) is 28.8. The van der Waals surface area contributed by atoms with Crippen LogP contribution in [0.15, 0.2) is 96.0 Å². The molecule has 0 amide bonds. The van der Waals surface area contributed by atoms with E-state index >= 15 is 0 Å². The summed E-state index contributed by atoms with van der Waals surface area (Å²) >= 11 is 6.58. The highest BCUT2D eigenvalue weighted by molar-refractivity contribution is 9.10. The molecular formula is C31H26BrN3O4S2. The Balaban J connectivity index is 1.48. The SMILES string of the molecule is CCOC(=O)C1=C(C)N=c2s/c(=C/c3ccc4c(c3)Sc3ccccc3N4C)c(=O)n2[C@@H]1c1ccc(OC)c(Br)c1. The number of esters is 1. The van der Waals surface area contributed by atoms with Gasteiger partial charge in [-0.2, -0.15) is 0 Å². The van der Waals surface area contributed by atoms with Crippen LogP contribution in [0.1, 0.15) is 31.0 Å². The van der Waals surface area contributed by atoms with Gasteiger partial charge >= 0.3 is 5.97 Å². The molecule has 0 radical (unpaired) electrons. The first-order valence-electron chi connectivity index (χ1n) is 13.0. The van der Waals surface area contributed by atoms with Crippen LogP contribution < -0.4 is 24.5 Å². The van der Waals surface area contributed by atoms with Crippen LogP contribution in [-0.4, -0.2) is 31.3 Å². The Morgan fingerprint density at radius 1 is 1.10 bits per heavy atom. The van der Waals surface area contributed by atoms with Gasteiger partial charge in [0.1, 0.15) is 5.75 Å². The molecule has 0 fully saturated rings. The number of allylic oxidation sites excluding steroid dienone is 1. The summed E-state index contributed by atoms with van der Waals surface area (Å²) < 4.78 is 13.7. The minimum Gasteiger partial charge on any atom is -0.496 e. The minimum absolute atomic E-state index is 0.215. The quantitative estimate of drug-likeness (QED) is 0.255. The van der Waals surface area contributed by atoms with Gasteiger partial charge in [0.2, 0.25) is 0 Å². The van der Waals surface area contributed by atoms with Gasteiger partial charge in [-0.3, -0.25) is 9.36 Å². The summed E-state index contributed by atoms with van der Waals surface area (Å²) in [6, 6.07) is 19.4. The Bertz CT molecular complexity index is 1930. The second-order valence-electron chi connectivity index (χ2n) is 9.55. The first-order valence-corrected chi connectivity index (χ1v) is 15.4. The molecule has 0 unspecified atom stereocenters. The lowest BCUT2D eigenvalue weighted by Gasteiger charge is -2.29. The predicted octanol–water partition coefficient (Wildman–Crippen LogP) is 5.80. The van der Waals surface area contributed by atoms with E-state index in [0.717, 1.165) is 26.2 Å². The number of thiazole rings is 1. The third-order valence-corrected chi connectivity index (χ3v) is 9.81. The van der Waals surface area contributed by atoms with E-state index in [0.29, 0.717) is 26.4 Å². The molecule has 3 aromatic carbocycles. The number of hydrogen-bond donors (Lipinski definition) is 0. The van der Waals surface area contributed by atoms with Gasteiger partial charge in [-0.1, -0.05) is 47.4 Å². The van der Waals surface area contributed by atoms with Gasteiger partial charge in [0.05, 0.1) is 51.4 Å². The molecule has 2 aliphatic rings. The summed E-state index contributed by atoms with van der Waals surface area (Å²) in [6.45, 7) is 3.76. The monoisotopic (exact) mass is 647 g/mol.